The minimum atomic E-state index is -0.843. The predicted octanol–water partition coefficient (Wildman–Crippen LogP) is 0.928. The van der Waals surface area contributed by atoms with Gasteiger partial charge in [0.15, 0.2) is 23.6 Å². The number of hydrogen-bond acceptors (Lipinski definition) is 7. The summed E-state index contributed by atoms with van der Waals surface area (Å²) in [4.78, 5) is 42.9. The van der Waals surface area contributed by atoms with Crippen molar-refractivity contribution in [3.05, 3.63) is 0 Å². The van der Waals surface area contributed by atoms with Crippen molar-refractivity contribution in [2.75, 3.05) is 20.8 Å². The van der Waals surface area contributed by atoms with Crippen molar-refractivity contribution in [3.8, 4) is 0 Å². The fourth-order valence-electron chi connectivity index (χ4n) is 1.40. The molecule has 122 valence electrons. The fraction of sp³-hybridized carbons (Fsp3) is 0.714. The van der Waals surface area contributed by atoms with Gasteiger partial charge in [-0.3, -0.25) is 19.2 Å². The normalized spacial score (nSPS) is 9.71. The Bertz CT molecular complexity index is 332. The highest BCUT2D eigenvalue weighted by Crippen LogP contribution is 2.06. The Labute approximate surface area is 124 Å². The number of rotatable bonds is 7. The maximum Gasteiger partial charge on any atom is 0.320 e. The Morgan fingerprint density at radius 2 is 1.24 bits per heavy atom. The standard InChI is InChI=1S/C7H12O4.C7H12O3/c1-4-5(6(8)10-2)7(9)11-3;1-4-10-7(5(2)8)6(3)9/h5H,4H2,1-3H3;7H,4H2,1-3H3. The van der Waals surface area contributed by atoms with Gasteiger partial charge in [0.2, 0.25) is 0 Å². The van der Waals surface area contributed by atoms with Gasteiger partial charge in [-0.2, -0.15) is 0 Å². The van der Waals surface area contributed by atoms with E-state index >= 15 is 0 Å². The number of carbonyl (C=O) groups excluding carboxylic acids is 4. The van der Waals surface area contributed by atoms with E-state index in [4.69, 9.17) is 4.74 Å². The van der Waals surface area contributed by atoms with Crippen LogP contribution in [0.2, 0.25) is 0 Å². The van der Waals surface area contributed by atoms with Crippen molar-refractivity contribution in [1.29, 1.82) is 0 Å². The van der Waals surface area contributed by atoms with Crippen LogP contribution in [0.4, 0.5) is 0 Å². The summed E-state index contributed by atoms with van der Waals surface area (Å²) in [5.74, 6) is -2.31. The minimum Gasteiger partial charge on any atom is -0.468 e. The highest BCUT2D eigenvalue weighted by atomic mass is 16.5. The third-order valence-electron chi connectivity index (χ3n) is 2.45. The van der Waals surface area contributed by atoms with E-state index in [2.05, 4.69) is 9.47 Å². The Morgan fingerprint density at radius 1 is 0.857 bits per heavy atom. The molecule has 0 rings (SSSR count). The van der Waals surface area contributed by atoms with Gasteiger partial charge in [-0.25, -0.2) is 0 Å². The molecule has 7 nitrogen and oxygen atoms in total. The van der Waals surface area contributed by atoms with Crippen molar-refractivity contribution >= 4 is 23.5 Å². The molecular weight excluding hydrogens is 280 g/mol. The molecule has 0 unspecified atom stereocenters. The molecule has 7 heteroatoms. The molecule has 0 N–H and O–H groups in total. The molecule has 0 aromatic heterocycles. The Hall–Kier alpha value is -1.76. The average molecular weight is 304 g/mol. The summed E-state index contributed by atoms with van der Waals surface area (Å²) in [6.07, 6.45) is -0.440. The van der Waals surface area contributed by atoms with Gasteiger partial charge in [0.1, 0.15) is 0 Å². The summed E-state index contributed by atoms with van der Waals surface area (Å²) >= 11 is 0. The van der Waals surface area contributed by atoms with E-state index in [9.17, 15) is 19.2 Å². The Morgan fingerprint density at radius 3 is 1.38 bits per heavy atom. The van der Waals surface area contributed by atoms with Gasteiger partial charge >= 0.3 is 11.9 Å². The van der Waals surface area contributed by atoms with Crippen molar-refractivity contribution in [3.63, 3.8) is 0 Å². The summed E-state index contributed by atoms with van der Waals surface area (Å²) in [6, 6.07) is 0. The van der Waals surface area contributed by atoms with Crippen LogP contribution >= 0.6 is 0 Å². The summed E-state index contributed by atoms with van der Waals surface area (Å²) in [7, 11) is 2.49. The number of esters is 2. The van der Waals surface area contributed by atoms with Gasteiger partial charge in [0.05, 0.1) is 14.2 Å². The third-order valence-corrected chi connectivity index (χ3v) is 2.45. The molecule has 21 heavy (non-hydrogen) atoms. The molecule has 0 aliphatic carbocycles. The van der Waals surface area contributed by atoms with Crippen molar-refractivity contribution in [2.24, 2.45) is 5.92 Å². The third kappa shape index (κ3) is 8.91. The Kier molecular flexibility index (Phi) is 12.3. The maximum atomic E-state index is 10.8. The number of ether oxygens (including phenoxy) is 3. The molecule has 0 atom stereocenters. The average Bonchev–Trinajstić information content (AvgIpc) is 2.44. The van der Waals surface area contributed by atoms with Crippen LogP contribution in [0.1, 0.15) is 34.1 Å². The molecule has 0 amide bonds. The van der Waals surface area contributed by atoms with Crippen molar-refractivity contribution in [2.45, 2.75) is 40.2 Å². The molecule has 0 aromatic carbocycles. The molecule has 0 saturated heterocycles. The maximum absolute atomic E-state index is 10.8. The molecule has 0 saturated carbocycles. The molecule has 0 aromatic rings. The van der Waals surface area contributed by atoms with E-state index in [1.807, 2.05) is 0 Å². The highest BCUT2D eigenvalue weighted by molar-refractivity contribution is 6.03. The Balaban J connectivity index is 0. The molecule has 0 aliphatic rings. The van der Waals surface area contributed by atoms with Crippen LogP contribution in [-0.4, -0.2) is 50.4 Å². The lowest BCUT2D eigenvalue weighted by atomic mass is 10.1. The molecule has 0 aliphatic heterocycles. The monoisotopic (exact) mass is 304 g/mol. The van der Waals surface area contributed by atoms with E-state index in [1.165, 1.54) is 28.1 Å². The molecular formula is C14H24O7. The lowest BCUT2D eigenvalue weighted by molar-refractivity contribution is -0.158. The van der Waals surface area contributed by atoms with Crippen LogP contribution in [0.25, 0.3) is 0 Å². The second-order valence-corrected chi connectivity index (χ2v) is 4.06. The van der Waals surface area contributed by atoms with Crippen LogP contribution in [0, 0.1) is 5.92 Å². The molecule has 0 fully saturated rings. The highest BCUT2D eigenvalue weighted by Gasteiger charge is 2.25. The van der Waals surface area contributed by atoms with Crippen LogP contribution in [0.5, 0.6) is 0 Å². The fourth-order valence-corrected chi connectivity index (χ4v) is 1.40. The first kappa shape index (κ1) is 21.5. The summed E-state index contributed by atoms with van der Waals surface area (Å²) in [6.45, 7) is 6.56. The van der Waals surface area contributed by atoms with Gasteiger partial charge in [-0.05, 0) is 27.2 Å². The van der Waals surface area contributed by atoms with Crippen molar-refractivity contribution in [1.82, 2.24) is 0 Å². The summed E-state index contributed by atoms with van der Waals surface area (Å²) in [5.41, 5.74) is 0. The van der Waals surface area contributed by atoms with Gasteiger partial charge in [0, 0.05) is 6.61 Å². The lowest BCUT2D eigenvalue weighted by Crippen LogP contribution is -2.29. The number of methoxy groups -OCH3 is 2. The second kappa shape index (κ2) is 12.0. The van der Waals surface area contributed by atoms with E-state index < -0.39 is 24.0 Å². The summed E-state index contributed by atoms with van der Waals surface area (Å²) < 4.78 is 13.6. The smallest absolute Gasteiger partial charge is 0.320 e. The lowest BCUT2D eigenvalue weighted by Gasteiger charge is -2.08. The predicted molar refractivity (Wildman–Crippen MR) is 74.6 cm³/mol. The zero-order valence-corrected chi connectivity index (χ0v) is 13.4. The van der Waals surface area contributed by atoms with Crippen molar-refractivity contribution < 1.29 is 33.4 Å². The zero-order chi connectivity index (χ0) is 17.0. The second-order valence-electron chi connectivity index (χ2n) is 4.06. The number of carbonyl (C=O) groups is 4. The van der Waals surface area contributed by atoms with E-state index in [0.717, 1.165) is 0 Å². The molecule has 0 heterocycles. The van der Waals surface area contributed by atoms with Gasteiger partial charge in [0.25, 0.3) is 0 Å². The number of ketones is 2. The first-order valence-electron chi connectivity index (χ1n) is 6.54. The minimum absolute atomic E-state index is 0.227. The quantitative estimate of drug-likeness (QED) is 0.510. The zero-order valence-electron chi connectivity index (χ0n) is 13.4. The van der Waals surface area contributed by atoms with E-state index in [-0.39, 0.29) is 11.6 Å². The van der Waals surface area contributed by atoms with E-state index in [1.54, 1.807) is 13.8 Å². The van der Waals surface area contributed by atoms with Crippen LogP contribution in [0.3, 0.4) is 0 Å². The topological polar surface area (TPSA) is 96.0 Å². The summed E-state index contributed by atoms with van der Waals surface area (Å²) in [5, 5.41) is 0. The molecule has 0 bridgehead atoms. The SMILES string of the molecule is CCC(C(=O)OC)C(=O)OC.CCOC(C(C)=O)C(C)=O. The first-order valence-corrected chi connectivity index (χ1v) is 6.54. The van der Waals surface area contributed by atoms with Gasteiger partial charge < -0.3 is 14.2 Å². The molecule has 0 spiro atoms. The van der Waals surface area contributed by atoms with Crippen LogP contribution in [0.15, 0.2) is 0 Å². The number of hydrogen-bond donors (Lipinski definition) is 0. The first-order chi connectivity index (χ1) is 9.76. The van der Waals surface area contributed by atoms with Crippen LogP contribution < -0.4 is 0 Å². The molecule has 0 radical (unpaired) electrons. The largest absolute Gasteiger partial charge is 0.468 e. The number of Topliss-reactive ketones (excluding diaryl/α,β-unsaturated/α-hetero) is 2. The van der Waals surface area contributed by atoms with Gasteiger partial charge in [-0.15, -0.1) is 0 Å². The van der Waals surface area contributed by atoms with Gasteiger partial charge in [-0.1, -0.05) is 6.92 Å². The van der Waals surface area contributed by atoms with Crippen LogP contribution in [-0.2, 0) is 33.4 Å². The van der Waals surface area contributed by atoms with E-state index in [0.29, 0.717) is 13.0 Å².